The van der Waals surface area contributed by atoms with Crippen molar-refractivity contribution in [2.24, 2.45) is 0 Å². The van der Waals surface area contributed by atoms with E-state index in [4.69, 9.17) is 0 Å². The molecule has 0 radical (unpaired) electrons. The fourth-order valence-electron chi connectivity index (χ4n) is 2.32. The van der Waals surface area contributed by atoms with Gasteiger partial charge in [-0.25, -0.2) is 0 Å². The fourth-order valence-corrected chi connectivity index (χ4v) is 2.32. The van der Waals surface area contributed by atoms with Crippen LogP contribution in [0.5, 0.6) is 0 Å². The van der Waals surface area contributed by atoms with Gasteiger partial charge in [-0.05, 0) is 31.5 Å². The Hall–Kier alpha value is -3.02. The van der Waals surface area contributed by atoms with Crippen LogP contribution in [0.25, 0.3) is 0 Å². The highest BCUT2D eigenvalue weighted by Gasteiger charge is 2.13. The second-order valence-electron chi connectivity index (χ2n) is 5.60. The fraction of sp³-hybridized carbons (Fsp3) is 0.222. The molecule has 2 aromatic rings. The molecule has 24 heavy (non-hydrogen) atoms. The summed E-state index contributed by atoms with van der Waals surface area (Å²) in [5.74, 6) is -0.445. The molecule has 0 heterocycles. The Labute approximate surface area is 139 Å². The first-order valence-electron chi connectivity index (χ1n) is 7.51. The number of Topliss-reactive ketones (excluding diaryl/α,β-unsaturated/α-hetero) is 1. The van der Waals surface area contributed by atoms with Crippen molar-refractivity contribution in [3.8, 4) is 0 Å². The molecule has 124 valence electrons. The first kappa shape index (κ1) is 17.3. The molecule has 0 unspecified atom stereocenters. The van der Waals surface area contributed by atoms with Gasteiger partial charge in [-0.3, -0.25) is 19.7 Å². The van der Waals surface area contributed by atoms with Crippen LogP contribution >= 0.6 is 0 Å². The number of carbonyl (C=O) groups excluding carboxylic acids is 2. The zero-order valence-electron chi connectivity index (χ0n) is 13.5. The third kappa shape index (κ3) is 4.49. The topological polar surface area (TPSA) is 89.3 Å². The van der Waals surface area contributed by atoms with Crippen LogP contribution in [-0.2, 0) is 4.79 Å². The number of hydrogen-bond acceptors (Lipinski definition) is 4. The maximum atomic E-state index is 12.2. The molecular formula is C18H18N2O4. The molecule has 6 nitrogen and oxygen atoms in total. The Balaban J connectivity index is 1.96. The molecule has 0 bridgehead atoms. The normalized spacial score (nSPS) is 10.2. The largest absolute Gasteiger partial charge is 0.326 e. The van der Waals surface area contributed by atoms with Crippen LogP contribution in [0.1, 0.15) is 34.3 Å². The van der Waals surface area contributed by atoms with Crippen molar-refractivity contribution in [1.82, 2.24) is 0 Å². The minimum Gasteiger partial charge on any atom is -0.326 e. The summed E-state index contributed by atoms with van der Waals surface area (Å²) < 4.78 is 0. The number of anilines is 1. The predicted octanol–water partition coefficient (Wildman–Crippen LogP) is 3.81. The molecule has 1 N–H and O–H groups in total. The number of amides is 1. The van der Waals surface area contributed by atoms with Gasteiger partial charge < -0.3 is 5.32 Å². The van der Waals surface area contributed by atoms with Crippen molar-refractivity contribution in [2.45, 2.75) is 26.7 Å². The van der Waals surface area contributed by atoms with Crippen molar-refractivity contribution < 1.29 is 14.5 Å². The summed E-state index contributed by atoms with van der Waals surface area (Å²) in [5.41, 5.74) is 2.74. The summed E-state index contributed by atoms with van der Waals surface area (Å²) in [4.78, 5) is 34.4. The molecule has 0 saturated heterocycles. The van der Waals surface area contributed by atoms with Crippen LogP contribution < -0.4 is 5.32 Å². The van der Waals surface area contributed by atoms with Crippen LogP contribution in [0.4, 0.5) is 11.4 Å². The lowest BCUT2D eigenvalue weighted by Gasteiger charge is -2.07. The lowest BCUT2D eigenvalue weighted by Crippen LogP contribution is -2.14. The van der Waals surface area contributed by atoms with Crippen molar-refractivity contribution in [3.63, 3.8) is 0 Å². The Kier molecular flexibility index (Phi) is 5.42. The van der Waals surface area contributed by atoms with Gasteiger partial charge in [-0.2, -0.15) is 0 Å². The summed E-state index contributed by atoms with van der Waals surface area (Å²) >= 11 is 0. The second-order valence-corrected chi connectivity index (χ2v) is 5.60. The zero-order valence-corrected chi connectivity index (χ0v) is 13.5. The van der Waals surface area contributed by atoms with Crippen LogP contribution in [0.2, 0.25) is 0 Å². The van der Waals surface area contributed by atoms with Crippen molar-refractivity contribution in [2.75, 3.05) is 5.32 Å². The standard InChI is InChI=1S/C18H18N2O4/c1-12-6-7-13(2)16(10-12)17(21)8-9-18(22)19-14-4-3-5-15(11-14)20(23)24/h3-7,10-11H,8-9H2,1-2H3,(H,19,22). The third-order valence-electron chi connectivity index (χ3n) is 3.61. The molecule has 2 aromatic carbocycles. The number of rotatable bonds is 6. The number of aryl methyl sites for hydroxylation is 2. The monoisotopic (exact) mass is 326 g/mol. The Morgan fingerprint density at radius 3 is 2.54 bits per heavy atom. The molecule has 0 aliphatic carbocycles. The smallest absolute Gasteiger partial charge is 0.271 e. The minimum absolute atomic E-state index is 0.0227. The van der Waals surface area contributed by atoms with E-state index in [0.717, 1.165) is 11.1 Å². The van der Waals surface area contributed by atoms with Gasteiger partial charge >= 0.3 is 0 Å². The summed E-state index contributed by atoms with van der Waals surface area (Å²) in [6.07, 6.45) is 0.111. The van der Waals surface area contributed by atoms with Crippen molar-refractivity contribution in [1.29, 1.82) is 0 Å². The number of hydrogen-bond donors (Lipinski definition) is 1. The average Bonchev–Trinajstić information content (AvgIpc) is 2.55. The van der Waals surface area contributed by atoms with Gasteiger partial charge in [0.15, 0.2) is 5.78 Å². The van der Waals surface area contributed by atoms with Crippen LogP contribution in [0, 0.1) is 24.0 Å². The van der Waals surface area contributed by atoms with Gasteiger partial charge in [0.05, 0.1) is 4.92 Å². The van der Waals surface area contributed by atoms with Crippen LogP contribution in [0.15, 0.2) is 42.5 Å². The molecule has 0 saturated carbocycles. The van der Waals surface area contributed by atoms with E-state index in [1.54, 1.807) is 6.07 Å². The van der Waals surface area contributed by atoms with E-state index in [1.807, 2.05) is 32.0 Å². The highest BCUT2D eigenvalue weighted by molar-refractivity contribution is 6.01. The highest BCUT2D eigenvalue weighted by Crippen LogP contribution is 2.18. The Morgan fingerprint density at radius 2 is 1.83 bits per heavy atom. The molecule has 0 aliphatic rings. The molecule has 6 heteroatoms. The van der Waals surface area contributed by atoms with Crippen molar-refractivity contribution in [3.05, 3.63) is 69.3 Å². The molecule has 0 atom stereocenters. The number of non-ortho nitro benzene ring substituents is 1. The van der Waals surface area contributed by atoms with E-state index in [1.165, 1.54) is 18.2 Å². The molecule has 1 amide bonds. The SMILES string of the molecule is Cc1ccc(C)c(C(=O)CCC(=O)Nc2cccc([N+](=O)[O-])c2)c1. The minimum atomic E-state index is -0.528. The second kappa shape index (κ2) is 7.50. The molecule has 0 fully saturated rings. The molecule has 0 aromatic heterocycles. The van der Waals surface area contributed by atoms with E-state index in [2.05, 4.69) is 5.32 Å². The number of benzene rings is 2. The summed E-state index contributed by atoms with van der Waals surface area (Å²) in [5, 5.41) is 13.3. The first-order chi connectivity index (χ1) is 11.4. The van der Waals surface area contributed by atoms with E-state index in [9.17, 15) is 19.7 Å². The summed E-state index contributed by atoms with van der Waals surface area (Å²) in [7, 11) is 0. The number of nitrogens with one attached hydrogen (secondary N) is 1. The Morgan fingerprint density at radius 1 is 1.08 bits per heavy atom. The average molecular weight is 326 g/mol. The van der Waals surface area contributed by atoms with Crippen LogP contribution in [0.3, 0.4) is 0 Å². The molecule has 0 aliphatic heterocycles. The maximum absolute atomic E-state index is 12.2. The Bertz CT molecular complexity index is 799. The van der Waals surface area contributed by atoms with Gasteiger partial charge in [-0.1, -0.05) is 23.8 Å². The highest BCUT2D eigenvalue weighted by atomic mass is 16.6. The quantitative estimate of drug-likeness (QED) is 0.496. The van der Waals surface area contributed by atoms with Crippen LogP contribution in [-0.4, -0.2) is 16.6 Å². The number of nitro groups is 1. The lowest BCUT2D eigenvalue weighted by atomic mass is 9.99. The number of nitrogens with zero attached hydrogens (tertiary/aromatic N) is 1. The number of carbonyl (C=O) groups is 2. The van der Waals surface area contributed by atoms with Crippen molar-refractivity contribution >= 4 is 23.1 Å². The molecule has 2 rings (SSSR count). The van der Waals surface area contributed by atoms with E-state index in [0.29, 0.717) is 11.3 Å². The van der Waals surface area contributed by atoms with E-state index < -0.39 is 4.92 Å². The van der Waals surface area contributed by atoms with Gasteiger partial charge in [0.25, 0.3) is 5.69 Å². The van der Waals surface area contributed by atoms with E-state index in [-0.39, 0.29) is 30.2 Å². The van der Waals surface area contributed by atoms with Gasteiger partial charge in [-0.15, -0.1) is 0 Å². The molecular weight excluding hydrogens is 308 g/mol. The third-order valence-corrected chi connectivity index (χ3v) is 3.61. The lowest BCUT2D eigenvalue weighted by molar-refractivity contribution is -0.384. The zero-order chi connectivity index (χ0) is 17.7. The van der Waals surface area contributed by atoms with E-state index >= 15 is 0 Å². The summed E-state index contributed by atoms with van der Waals surface area (Å²) in [6, 6.07) is 11.3. The maximum Gasteiger partial charge on any atom is 0.271 e. The predicted molar refractivity (Wildman–Crippen MR) is 91.2 cm³/mol. The van der Waals surface area contributed by atoms with Gasteiger partial charge in [0, 0.05) is 36.2 Å². The van der Waals surface area contributed by atoms with Gasteiger partial charge in [0.2, 0.25) is 5.91 Å². The van der Waals surface area contributed by atoms with Gasteiger partial charge in [0.1, 0.15) is 0 Å². The number of ketones is 1. The molecule has 0 spiro atoms. The first-order valence-corrected chi connectivity index (χ1v) is 7.51. The summed E-state index contributed by atoms with van der Waals surface area (Å²) in [6.45, 7) is 3.76. The number of nitro benzene ring substituents is 1.